The lowest BCUT2D eigenvalue weighted by Crippen LogP contribution is -2.45. The van der Waals surface area contributed by atoms with E-state index in [-0.39, 0.29) is 13.2 Å². The first kappa shape index (κ1) is 30.5. The van der Waals surface area contributed by atoms with Crippen molar-refractivity contribution < 1.29 is 38.4 Å². The molecular formula is C32H36O8. The van der Waals surface area contributed by atoms with E-state index in [4.69, 9.17) is 18.9 Å². The number of aryl methyl sites for hydroxylation is 1. The maximum absolute atomic E-state index is 12.9. The van der Waals surface area contributed by atoms with E-state index in [0.29, 0.717) is 0 Å². The van der Waals surface area contributed by atoms with Crippen LogP contribution in [0.15, 0.2) is 84.9 Å². The predicted molar refractivity (Wildman–Crippen MR) is 151 cm³/mol. The fourth-order valence-corrected chi connectivity index (χ4v) is 3.90. The van der Waals surface area contributed by atoms with E-state index in [1.54, 1.807) is 51.1 Å². The van der Waals surface area contributed by atoms with Crippen molar-refractivity contribution in [2.45, 2.75) is 58.0 Å². The minimum atomic E-state index is -1.78. The van der Waals surface area contributed by atoms with Crippen LogP contribution in [0, 0.1) is 0 Å². The Bertz CT molecular complexity index is 1290. The Kier molecular flexibility index (Phi) is 11.4. The van der Waals surface area contributed by atoms with Crippen LogP contribution in [0.25, 0.3) is 10.8 Å². The number of rotatable bonds is 14. The van der Waals surface area contributed by atoms with Gasteiger partial charge in [0.15, 0.2) is 12.2 Å². The van der Waals surface area contributed by atoms with Crippen LogP contribution in [0.3, 0.4) is 0 Å². The SMILES string of the molecule is CC(C)(C)OC(=O)CO[C@@H](C(=O)O)[C@@H](OC/C=C/CCc1ccc2ccccc2c1)C(=O)OCc1ccccc1. The van der Waals surface area contributed by atoms with Crippen molar-refractivity contribution in [3.8, 4) is 0 Å². The van der Waals surface area contributed by atoms with Crippen molar-refractivity contribution in [3.63, 3.8) is 0 Å². The van der Waals surface area contributed by atoms with Gasteiger partial charge in [-0.15, -0.1) is 0 Å². The number of aliphatic carboxylic acids is 1. The Hall–Kier alpha value is -4.01. The second-order valence-electron chi connectivity index (χ2n) is 10.2. The second-order valence-corrected chi connectivity index (χ2v) is 10.2. The molecule has 0 aliphatic rings. The molecule has 0 aromatic heterocycles. The molecule has 8 nitrogen and oxygen atoms in total. The summed E-state index contributed by atoms with van der Waals surface area (Å²) in [6.07, 6.45) is 1.77. The van der Waals surface area contributed by atoms with E-state index in [9.17, 15) is 19.5 Å². The van der Waals surface area contributed by atoms with Gasteiger partial charge in [-0.3, -0.25) is 0 Å². The first-order chi connectivity index (χ1) is 19.1. The van der Waals surface area contributed by atoms with E-state index in [1.165, 1.54) is 16.3 Å². The van der Waals surface area contributed by atoms with Gasteiger partial charge in [0.05, 0.1) is 6.61 Å². The van der Waals surface area contributed by atoms with Crippen LogP contribution in [0.2, 0.25) is 0 Å². The molecule has 3 aromatic rings. The number of fused-ring (bicyclic) bond motifs is 1. The van der Waals surface area contributed by atoms with Gasteiger partial charge in [0.1, 0.15) is 18.8 Å². The second kappa shape index (κ2) is 15.0. The number of hydrogen-bond acceptors (Lipinski definition) is 7. The maximum Gasteiger partial charge on any atom is 0.339 e. The van der Waals surface area contributed by atoms with Crippen LogP contribution < -0.4 is 0 Å². The van der Waals surface area contributed by atoms with Crippen molar-refractivity contribution in [3.05, 3.63) is 96.1 Å². The van der Waals surface area contributed by atoms with Gasteiger partial charge in [-0.25, -0.2) is 14.4 Å². The van der Waals surface area contributed by atoms with Gasteiger partial charge in [0, 0.05) is 0 Å². The molecule has 1 N–H and O–H groups in total. The molecule has 0 aliphatic carbocycles. The fraction of sp³-hybridized carbons (Fsp3) is 0.344. The summed E-state index contributed by atoms with van der Waals surface area (Å²) in [4.78, 5) is 37.0. The molecule has 8 heteroatoms. The topological polar surface area (TPSA) is 108 Å². The third-order valence-electron chi connectivity index (χ3n) is 5.73. The molecule has 0 spiro atoms. The number of esters is 2. The Morgan fingerprint density at radius 2 is 1.52 bits per heavy atom. The Morgan fingerprint density at radius 3 is 2.23 bits per heavy atom. The van der Waals surface area contributed by atoms with E-state index < -0.39 is 42.3 Å². The summed E-state index contributed by atoms with van der Waals surface area (Å²) >= 11 is 0. The standard InChI is InChI=1S/C32H36O8/c1-32(2,3)40-27(33)22-38-28(30(34)35)29(31(36)39-21-24-13-6-4-7-14-24)37-19-11-5-8-12-23-17-18-25-15-9-10-16-26(25)20-23/h4-7,9-11,13-18,20,28-29H,8,12,19,21-22H2,1-3H3,(H,34,35)/b11-5+/t28-,29-/m1/s1. The summed E-state index contributed by atoms with van der Waals surface area (Å²) < 4.78 is 21.4. The quantitative estimate of drug-likeness (QED) is 0.214. The van der Waals surface area contributed by atoms with Gasteiger partial charge in [-0.2, -0.15) is 0 Å². The molecule has 2 atom stereocenters. The zero-order valence-electron chi connectivity index (χ0n) is 23.1. The Morgan fingerprint density at radius 1 is 0.825 bits per heavy atom. The average molecular weight is 549 g/mol. The smallest absolute Gasteiger partial charge is 0.339 e. The molecule has 0 saturated heterocycles. The monoisotopic (exact) mass is 548 g/mol. The number of carboxylic acids is 1. The number of hydrogen-bond donors (Lipinski definition) is 1. The van der Waals surface area contributed by atoms with Crippen molar-refractivity contribution in [1.82, 2.24) is 0 Å². The Labute approximate surface area is 234 Å². The van der Waals surface area contributed by atoms with Gasteiger partial charge in [0.25, 0.3) is 0 Å². The highest BCUT2D eigenvalue weighted by Gasteiger charge is 2.38. The summed E-state index contributed by atoms with van der Waals surface area (Å²) in [5.41, 5.74) is 1.14. The van der Waals surface area contributed by atoms with Crippen molar-refractivity contribution in [2.24, 2.45) is 0 Å². The first-order valence-corrected chi connectivity index (χ1v) is 13.1. The summed E-state index contributed by atoms with van der Waals surface area (Å²) in [5.74, 6) is -3.14. The van der Waals surface area contributed by atoms with Gasteiger partial charge in [-0.1, -0.05) is 84.9 Å². The number of allylic oxidation sites excluding steroid dienone is 1. The van der Waals surface area contributed by atoms with E-state index in [0.717, 1.165) is 18.4 Å². The van der Waals surface area contributed by atoms with Crippen LogP contribution in [0.4, 0.5) is 0 Å². The molecule has 0 unspecified atom stereocenters. The lowest BCUT2D eigenvalue weighted by Gasteiger charge is -2.24. The fourth-order valence-electron chi connectivity index (χ4n) is 3.90. The minimum absolute atomic E-state index is 0.0532. The highest BCUT2D eigenvalue weighted by molar-refractivity contribution is 5.85. The molecule has 3 rings (SSSR count). The van der Waals surface area contributed by atoms with Gasteiger partial charge < -0.3 is 24.1 Å². The molecule has 0 amide bonds. The number of carbonyl (C=O) groups excluding carboxylic acids is 2. The van der Waals surface area contributed by atoms with Crippen LogP contribution in [0.1, 0.15) is 38.3 Å². The first-order valence-electron chi connectivity index (χ1n) is 13.1. The maximum atomic E-state index is 12.9. The number of ether oxygens (including phenoxy) is 4. The zero-order chi connectivity index (χ0) is 29.0. The highest BCUT2D eigenvalue weighted by atomic mass is 16.6. The van der Waals surface area contributed by atoms with Gasteiger partial charge in [-0.05, 0) is 55.5 Å². The summed E-state index contributed by atoms with van der Waals surface area (Å²) in [6.45, 7) is 4.25. The molecular weight excluding hydrogens is 512 g/mol. The Balaban J connectivity index is 1.60. The lowest BCUT2D eigenvalue weighted by molar-refractivity contribution is -0.185. The molecule has 40 heavy (non-hydrogen) atoms. The molecule has 0 aliphatic heterocycles. The third-order valence-corrected chi connectivity index (χ3v) is 5.73. The van der Waals surface area contributed by atoms with Crippen molar-refractivity contribution in [1.29, 1.82) is 0 Å². The van der Waals surface area contributed by atoms with Crippen molar-refractivity contribution >= 4 is 28.7 Å². The molecule has 0 heterocycles. The van der Waals surface area contributed by atoms with Crippen molar-refractivity contribution in [2.75, 3.05) is 13.2 Å². The van der Waals surface area contributed by atoms with Crippen LogP contribution in [0.5, 0.6) is 0 Å². The molecule has 0 bridgehead atoms. The van der Waals surface area contributed by atoms with E-state index >= 15 is 0 Å². The predicted octanol–water partition coefficient (Wildman–Crippen LogP) is 5.27. The normalized spacial score (nSPS) is 13.2. The molecule has 3 aromatic carbocycles. The minimum Gasteiger partial charge on any atom is -0.479 e. The third kappa shape index (κ3) is 10.3. The molecule has 0 radical (unpaired) electrons. The van der Waals surface area contributed by atoms with E-state index in [1.807, 2.05) is 24.3 Å². The number of benzene rings is 3. The molecule has 0 saturated carbocycles. The number of carboxylic acid groups (broad SMARTS) is 1. The average Bonchev–Trinajstić information content (AvgIpc) is 2.91. The summed E-state index contributed by atoms with van der Waals surface area (Å²) in [6, 6.07) is 23.4. The molecule has 0 fully saturated rings. The number of carbonyl (C=O) groups is 3. The highest BCUT2D eigenvalue weighted by Crippen LogP contribution is 2.17. The summed E-state index contributed by atoms with van der Waals surface area (Å²) in [5, 5.41) is 12.1. The van der Waals surface area contributed by atoms with E-state index in [2.05, 4.69) is 30.3 Å². The van der Waals surface area contributed by atoms with Gasteiger partial charge in [0.2, 0.25) is 0 Å². The lowest BCUT2D eigenvalue weighted by atomic mass is 10.0. The van der Waals surface area contributed by atoms with Crippen LogP contribution in [-0.2, 0) is 46.4 Å². The largest absolute Gasteiger partial charge is 0.479 e. The van der Waals surface area contributed by atoms with Crippen LogP contribution in [-0.4, -0.2) is 54.0 Å². The molecule has 212 valence electrons. The van der Waals surface area contributed by atoms with Crippen LogP contribution >= 0.6 is 0 Å². The summed E-state index contributed by atoms with van der Waals surface area (Å²) in [7, 11) is 0. The zero-order valence-corrected chi connectivity index (χ0v) is 23.1. The van der Waals surface area contributed by atoms with Gasteiger partial charge >= 0.3 is 17.9 Å².